The van der Waals surface area contributed by atoms with E-state index >= 15 is 0 Å². The molecular formula is C30H28N2O. The van der Waals surface area contributed by atoms with Gasteiger partial charge in [-0.15, -0.1) is 0 Å². The van der Waals surface area contributed by atoms with Crippen LogP contribution in [0.4, 0.5) is 5.69 Å². The van der Waals surface area contributed by atoms with Crippen molar-refractivity contribution in [2.75, 3.05) is 11.4 Å². The number of amides is 1. The number of hydrogen-bond donors (Lipinski definition) is 1. The zero-order valence-electron chi connectivity index (χ0n) is 18.5. The van der Waals surface area contributed by atoms with Crippen molar-refractivity contribution in [3.63, 3.8) is 0 Å². The van der Waals surface area contributed by atoms with Gasteiger partial charge in [0.2, 0.25) is 5.91 Å². The summed E-state index contributed by atoms with van der Waals surface area (Å²) < 4.78 is 0. The first kappa shape index (κ1) is 21.2. The molecule has 0 radical (unpaired) electrons. The third-order valence-corrected chi connectivity index (χ3v) is 6.49. The number of benzene rings is 4. The smallest absolute Gasteiger partial charge is 0.230 e. The maximum absolute atomic E-state index is 13.7. The van der Waals surface area contributed by atoms with Crippen molar-refractivity contribution in [2.24, 2.45) is 11.7 Å². The van der Waals surface area contributed by atoms with Crippen LogP contribution in [0.1, 0.15) is 29.5 Å². The Morgan fingerprint density at radius 3 is 1.94 bits per heavy atom. The van der Waals surface area contributed by atoms with Crippen molar-refractivity contribution in [1.82, 2.24) is 0 Å². The van der Waals surface area contributed by atoms with Gasteiger partial charge in [-0.3, -0.25) is 4.79 Å². The second-order valence-electron chi connectivity index (χ2n) is 8.74. The van der Waals surface area contributed by atoms with Gasteiger partial charge in [0.1, 0.15) is 0 Å². The molecule has 1 saturated carbocycles. The number of carbonyl (C=O) groups is 1. The molecule has 5 rings (SSSR count). The molecular weight excluding hydrogens is 404 g/mol. The first-order valence-corrected chi connectivity index (χ1v) is 11.5. The summed E-state index contributed by atoms with van der Waals surface area (Å²) in [4.78, 5) is 15.6. The van der Waals surface area contributed by atoms with Gasteiger partial charge in [-0.2, -0.15) is 0 Å². The molecule has 4 aromatic rings. The third kappa shape index (κ3) is 4.74. The predicted molar refractivity (Wildman–Crippen MR) is 135 cm³/mol. The van der Waals surface area contributed by atoms with Gasteiger partial charge >= 0.3 is 0 Å². The number of nitrogens with zero attached hydrogens (tertiary/aromatic N) is 1. The molecule has 1 aliphatic rings. The summed E-state index contributed by atoms with van der Waals surface area (Å²) in [7, 11) is 0. The standard InChI is InChI=1S/C30H28N2O/c31-29(25-14-8-3-9-15-25)21-32(30(33)28-20-27(28)24-12-6-2-7-13-24)26-18-16-23(17-19-26)22-10-4-1-5-11-22/h1-19,27-29H,20-21,31H2/t27-,28+,29+/m0/s1. The number of anilines is 1. The molecule has 2 N–H and O–H groups in total. The Balaban J connectivity index is 1.41. The van der Waals surface area contributed by atoms with Gasteiger partial charge in [-0.1, -0.05) is 103 Å². The maximum atomic E-state index is 13.7. The number of rotatable bonds is 7. The minimum absolute atomic E-state index is 0.00386. The SMILES string of the molecule is N[C@H](CN(C(=O)[C@@H]1C[C@H]1c1ccccc1)c1ccc(-c2ccccc2)cc1)c1ccccc1. The van der Waals surface area contributed by atoms with Crippen LogP contribution in [0.15, 0.2) is 115 Å². The Morgan fingerprint density at radius 1 is 0.758 bits per heavy atom. The van der Waals surface area contributed by atoms with Crippen LogP contribution in [-0.2, 0) is 4.79 Å². The minimum Gasteiger partial charge on any atom is -0.322 e. The fourth-order valence-corrected chi connectivity index (χ4v) is 4.53. The molecule has 3 atom stereocenters. The van der Waals surface area contributed by atoms with Gasteiger partial charge in [-0.25, -0.2) is 0 Å². The topological polar surface area (TPSA) is 46.3 Å². The highest BCUT2D eigenvalue weighted by molar-refractivity contribution is 5.97. The average molecular weight is 433 g/mol. The van der Waals surface area contributed by atoms with E-state index in [1.165, 1.54) is 5.56 Å². The van der Waals surface area contributed by atoms with Gasteiger partial charge in [0, 0.05) is 24.2 Å². The van der Waals surface area contributed by atoms with E-state index in [1.807, 2.05) is 83.8 Å². The Morgan fingerprint density at radius 2 is 1.30 bits per heavy atom. The molecule has 0 heterocycles. The minimum atomic E-state index is -0.252. The summed E-state index contributed by atoms with van der Waals surface area (Å²) in [5.41, 5.74) is 12.0. The third-order valence-electron chi connectivity index (χ3n) is 6.49. The van der Waals surface area contributed by atoms with E-state index in [1.54, 1.807) is 0 Å². The fraction of sp³-hybridized carbons (Fsp3) is 0.167. The van der Waals surface area contributed by atoms with Crippen LogP contribution in [0.25, 0.3) is 11.1 Å². The molecule has 33 heavy (non-hydrogen) atoms. The van der Waals surface area contributed by atoms with E-state index in [-0.39, 0.29) is 23.8 Å². The van der Waals surface area contributed by atoms with Crippen LogP contribution in [0.2, 0.25) is 0 Å². The first-order valence-electron chi connectivity index (χ1n) is 11.5. The van der Waals surface area contributed by atoms with Crippen molar-refractivity contribution in [3.8, 4) is 11.1 Å². The molecule has 1 amide bonds. The zero-order valence-corrected chi connectivity index (χ0v) is 18.5. The van der Waals surface area contributed by atoms with E-state index in [4.69, 9.17) is 5.73 Å². The summed E-state index contributed by atoms with van der Waals surface area (Å²) >= 11 is 0. The maximum Gasteiger partial charge on any atom is 0.230 e. The second kappa shape index (κ2) is 9.43. The summed E-state index contributed by atoms with van der Waals surface area (Å²) in [6.07, 6.45) is 0.891. The molecule has 0 unspecified atom stereocenters. The van der Waals surface area contributed by atoms with Crippen LogP contribution in [0.3, 0.4) is 0 Å². The molecule has 1 fully saturated rings. The van der Waals surface area contributed by atoms with Crippen molar-refractivity contribution >= 4 is 11.6 Å². The van der Waals surface area contributed by atoms with Crippen molar-refractivity contribution in [3.05, 3.63) is 126 Å². The van der Waals surface area contributed by atoms with Crippen LogP contribution < -0.4 is 10.6 Å². The Labute approximate surface area is 195 Å². The van der Waals surface area contributed by atoms with Gasteiger partial charge in [0.25, 0.3) is 0 Å². The molecule has 3 nitrogen and oxygen atoms in total. The van der Waals surface area contributed by atoms with E-state index in [0.29, 0.717) is 6.54 Å². The van der Waals surface area contributed by atoms with E-state index in [0.717, 1.165) is 28.8 Å². The van der Waals surface area contributed by atoms with Crippen LogP contribution in [0.5, 0.6) is 0 Å². The lowest BCUT2D eigenvalue weighted by molar-refractivity contribution is -0.120. The molecule has 4 aromatic carbocycles. The summed E-state index contributed by atoms with van der Waals surface area (Å²) in [6.45, 7) is 0.450. The van der Waals surface area contributed by atoms with E-state index in [2.05, 4.69) is 36.4 Å². The quantitative estimate of drug-likeness (QED) is 0.378. The Hall–Kier alpha value is -3.69. The van der Waals surface area contributed by atoms with Crippen molar-refractivity contribution in [1.29, 1.82) is 0 Å². The Kier molecular flexibility index (Phi) is 6.05. The van der Waals surface area contributed by atoms with Crippen molar-refractivity contribution < 1.29 is 4.79 Å². The molecule has 0 bridgehead atoms. The molecule has 0 spiro atoms. The summed E-state index contributed by atoms with van der Waals surface area (Å²) in [6, 6.07) is 38.6. The number of carbonyl (C=O) groups excluding carboxylic acids is 1. The lowest BCUT2D eigenvalue weighted by Crippen LogP contribution is -2.38. The van der Waals surface area contributed by atoms with Gasteiger partial charge < -0.3 is 10.6 Å². The van der Waals surface area contributed by atoms with Crippen LogP contribution >= 0.6 is 0 Å². The number of nitrogens with two attached hydrogens (primary N) is 1. The lowest BCUT2D eigenvalue weighted by Gasteiger charge is -2.27. The molecule has 164 valence electrons. The second-order valence-corrected chi connectivity index (χ2v) is 8.74. The zero-order chi connectivity index (χ0) is 22.6. The van der Waals surface area contributed by atoms with Crippen LogP contribution in [0, 0.1) is 5.92 Å². The first-order chi connectivity index (χ1) is 16.2. The normalized spacial score (nSPS) is 17.8. The molecule has 3 heteroatoms. The average Bonchev–Trinajstić information content (AvgIpc) is 3.70. The Bertz CT molecular complexity index is 1190. The predicted octanol–water partition coefficient (Wildman–Crippen LogP) is 6.19. The van der Waals surface area contributed by atoms with Crippen LogP contribution in [-0.4, -0.2) is 12.5 Å². The molecule has 0 aromatic heterocycles. The summed E-state index contributed by atoms with van der Waals surface area (Å²) in [5, 5.41) is 0. The molecule has 1 aliphatic carbocycles. The highest BCUT2D eigenvalue weighted by Crippen LogP contribution is 2.49. The monoisotopic (exact) mass is 432 g/mol. The molecule has 0 saturated heterocycles. The van der Waals surface area contributed by atoms with Gasteiger partial charge in [0.05, 0.1) is 0 Å². The summed E-state index contributed by atoms with van der Waals surface area (Å²) in [5.74, 6) is 0.449. The highest BCUT2D eigenvalue weighted by Gasteiger charge is 2.46. The lowest BCUT2D eigenvalue weighted by atomic mass is 10.0. The number of hydrogen-bond acceptors (Lipinski definition) is 2. The largest absolute Gasteiger partial charge is 0.322 e. The molecule has 0 aliphatic heterocycles. The van der Waals surface area contributed by atoms with E-state index < -0.39 is 0 Å². The fourth-order valence-electron chi connectivity index (χ4n) is 4.53. The van der Waals surface area contributed by atoms with Gasteiger partial charge in [0.15, 0.2) is 0 Å². The van der Waals surface area contributed by atoms with Gasteiger partial charge in [-0.05, 0) is 46.7 Å². The van der Waals surface area contributed by atoms with Crippen molar-refractivity contribution in [2.45, 2.75) is 18.4 Å². The van der Waals surface area contributed by atoms with E-state index in [9.17, 15) is 4.79 Å². The highest BCUT2D eigenvalue weighted by atomic mass is 16.2.